The second kappa shape index (κ2) is 4.87. The molecule has 2 N–H and O–H groups in total. The zero-order valence-corrected chi connectivity index (χ0v) is 10.8. The monoisotopic (exact) mass is 296 g/mol. The number of hydrogen-bond acceptors (Lipinski definition) is 3. The fourth-order valence-electron chi connectivity index (χ4n) is 2.22. The fraction of sp³-hybridized carbons (Fsp3) is 0.333. The first-order chi connectivity index (χ1) is 8.13. The smallest absolute Gasteiger partial charge is 0.240 e. The minimum absolute atomic E-state index is 0.303. The Hall–Kier alpha value is -1.36. The van der Waals surface area contributed by atoms with Crippen LogP contribution in [-0.4, -0.2) is 24.8 Å². The third-order valence-corrected chi connectivity index (χ3v) is 3.50. The van der Waals surface area contributed by atoms with Crippen LogP contribution < -0.4 is 10.6 Å². The number of amides is 1. The third-order valence-electron chi connectivity index (χ3n) is 3.01. The number of carbonyl (C=O) groups excluding carboxylic acids is 2. The molecule has 0 aliphatic carbocycles. The maximum absolute atomic E-state index is 11.4. The highest BCUT2D eigenvalue weighted by molar-refractivity contribution is 9.10. The number of hydrogen-bond donors (Lipinski definition) is 1. The summed E-state index contributed by atoms with van der Waals surface area (Å²) in [4.78, 5) is 24.3. The summed E-state index contributed by atoms with van der Waals surface area (Å²) in [6, 6.07) is 5.10. The highest BCUT2D eigenvalue weighted by Crippen LogP contribution is 2.30. The first kappa shape index (κ1) is 12.1. The van der Waals surface area contributed by atoms with Crippen LogP contribution in [0.25, 0.3) is 0 Å². The van der Waals surface area contributed by atoms with Crippen molar-refractivity contribution in [2.75, 3.05) is 11.4 Å². The molecule has 0 spiro atoms. The van der Waals surface area contributed by atoms with Crippen molar-refractivity contribution >= 4 is 33.8 Å². The van der Waals surface area contributed by atoms with Gasteiger partial charge in [0, 0.05) is 22.3 Å². The van der Waals surface area contributed by atoms with Gasteiger partial charge in [0.15, 0.2) is 6.29 Å². The molecule has 0 radical (unpaired) electrons. The Balaban J connectivity index is 2.41. The van der Waals surface area contributed by atoms with Crippen LogP contribution in [-0.2, 0) is 4.79 Å². The summed E-state index contributed by atoms with van der Waals surface area (Å²) in [5.74, 6) is -0.334. The van der Waals surface area contributed by atoms with E-state index in [2.05, 4.69) is 15.9 Å². The summed E-state index contributed by atoms with van der Waals surface area (Å²) < 4.78 is 0.883. The molecule has 1 fully saturated rings. The minimum atomic E-state index is -0.334. The predicted octanol–water partition coefficient (Wildman–Crippen LogP) is 1.72. The van der Waals surface area contributed by atoms with Gasteiger partial charge in [-0.1, -0.05) is 15.9 Å². The van der Waals surface area contributed by atoms with Crippen LogP contribution in [0.4, 0.5) is 5.69 Å². The number of rotatable bonds is 3. The van der Waals surface area contributed by atoms with Gasteiger partial charge in [-0.3, -0.25) is 9.59 Å². The molecule has 4 nitrogen and oxygen atoms in total. The van der Waals surface area contributed by atoms with Gasteiger partial charge in [0.05, 0.1) is 0 Å². The molecule has 90 valence electrons. The summed E-state index contributed by atoms with van der Waals surface area (Å²) in [5.41, 5.74) is 6.73. The molecule has 5 heteroatoms. The quantitative estimate of drug-likeness (QED) is 0.864. The van der Waals surface area contributed by atoms with E-state index in [-0.39, 0.29) is 11.9 Å². The van der Waals surface area contributed by atoms with Crippen molar-refractivity contribution in [2.24, 2.45) is 5.73 Å². The predicted molar refractivity (Wildman–Crippen MR) is 69.1 cm³/mol. The summed E-state index contributed by atoms with van der Waals surface area (Å²) in [6.07, 6.45) is 2.47. The SMILES string of the molecule is NC(=O)C1CCCN1c1cc(Br)ccc1C=O. The number of nitrogens with zero attached hydrogens (tertiary/aromatic N) is 1. The van der Waals surface area contributed by atoms with E-state index in [0.29, 0.717) is 5.56 Å². The summed E-state index contributed by atoms with van der Waals surface area (Å²) >= 11 is 3.37. The number of halogens is 1. The first-order valence-corrected chi connectivity index (χ1v) is 6.23. The molecule has 1 amide bonds. The molecule has 1 aromatic rings. The number of primary amides is 1. The van der Waals surface area contributed by atoms with Gasteiger partial charge >= 0.3 is 0 Å². The highest BCUT2D eigenvalue weighted by atomic mass is 79.9. The molecule has 2 rings (SSSR count). The van der Waals surface area contributed by atoms with E-state index < -0.39 is 0 Å². The lowest BCUT2D eigenvalue weighted by molar-refractivity contribution is -0.119. The summed E-state index contributed by atoms with van der Waals surface area (Å²) in [7, 11) is 0. The van der Waals surface area contributed by atoms with Gasteiger partial charge < -0.3 is 10.6 Å². The van der Waals surface area contributed by atoms with Gasteiger partial charge in [0.1, 0.15) is 6.04 Å². The normalized spacial score (nSPS) is 19.4. The largest absolute Gasteiger partial charge is 0.368 e. The van der Waals surface area contributed by atoms with Crippen LogP contribution in [0.15, 0.2) is 22.7 Å². The van der Waals surface area contributed by atoms with E-state index in [1.165, 1.54) is 0 Å². The second-order valence-electron chi connectivity index (χ2n) is 4.07. The molecule has 1 saturated heterocycles. The average molecular weight is 297 g/mol. The Morgan fingerprint density at radius 3 is 2.94 bits per heavy atom. The molecule has 0 bridgehead atoms. The molecular weight excluding hydrogens is 284 g/mol. The van der Waals surface area contributed by atoms with Crippen LogP contribution in [0.5, 0.6) is 0 Å². The Morgan fingerprint density at radius 1 is 1.53 bits per heavy atom. The van der Waals surface area contributed by atoms with Crippen molar-refractivity contribution in [3.63, 3.8) is 0 Å². The standard InChI is InChI=1S/C12H13BrN2O2/c13-9-4-3-8(7-16)11(6-9)15-5-1-2-10(15)12(14)17/h3-4,6-7,10H,1-2,5H2,(H2,14,17). The minimum Gasteiger partial charge on any atom is -0.368 e. The van der Waals surface area contributed by atoms with Gasteiger partial charge in [0.25, 0.3) is 0 Å². The zero-order valence-electron chi connectivity index (χ0n) is 9.23. The molecule has 1 aromatic carbocycles. The topological polar surface area (TPSA) is 63.4 Å². The maximum atomic E-state index is 11.4. The zero-order chi connectivity index (χ0) is 12.4. The lowest BCUT2D eigenvalue weighted by atomic mass is 10.1. The van der Waals surface area contributed by atoms with Crippen molar-refractivity contribution in [1.29, 1.82) is 0 Å². The van der Waals surface area contributed by atoms with E-state index in [1.54, 1.807) is 6.07 Å². The van der Waals surface area contributed by atoms with Crippen molar-refractivity contribution in [3.05, 3.63) is 28.2 Å². The van der Waals surface area contributed by atoms with Gasteiger partial charge in [-0.25, -0.2) is 0 Å². The van der Waals surface area contributed by atoms with Crippen molar-refractivity contribution in [2.45, 2.75) is 18.9 Å². The average Bonchev–Trinajstić information content (AvgIpc) is 2.77. The van der Waals surface area contributed by atoms with E-state index in [4.69, 9.17) is 5.73 Å². The number of carbonyl (C=O) groups is 2. The van der Waals surface area contributed by atoms with Gasteiger partial charge in [-0.2, -0.15) is 0 Å². The Morgan fingerprint density at radius 2 is 2.29 bits per heavy atom. The number of anilines is 1. The van der Waals surface area contributed by atoms with Gasteiger partial charge in [-0.05, 0) is 31.0 Å². The Labute approximate surface area is 108 Å². The van der Waals surface area contributed by atoms with Crippen molar-refractivity contribution < 1.29 is 9.59 Å². The molecule has 0 saturated carbocycles. The summed E-state index contributed by atoms with van der Waals surface area (Å²) in [6.45, 7) is 0.755. The van der Waals surface area contributed by atoms with Gasteiger partial charge in [-0.15, -0.1) is 0 Å². The van der Waals surface area contributed by atoms with Crippen LogP contribution in [0, 0.1) is 0 Å². The molecule has 1 aliphatic rings. The van der Waals surface area contributed by atoms with E-state index in [0.717, 1.165) is 35.8 Å². The number of aldehydes is 1. The lowest BCUT2D eigenvalue weighted by Gasteiger charge is -2.25. The number of benzene rings is 1. The van der Waals surface area contributed by atoms with Crippen molar-refractivity contribution in [1.82, 2.24) is 0 Å². The van der Waals surface area contributed by atoms with Gasteiger partial charge in [0.2, 0.25) is 5.91 Å². The van der Waals surface area contributed by atoms with Crippen molar-refractivity contribution in [3.8, 4) is 0 Å². The molecule has 1 aliphatic heterocycles. The Bertz CT molecular complexity index is 462. The van der Waals surface area contributed by atoms with Crippen LogP contribution in [0.2, 0.25) is 0 Å². The number of nitrogens with two attached hydrogens (primary N) is 1. The fourth-order valence-corrected chi connectivity index (χ4v) is 2.57. The maximum Gasteiger partial charge on any atom is 0.240 e. The van der Waals surface area contributed by atoms with E-state index in [9.17, 15) is 9.59 Å². The highest BCUT2D eigenvalue weighted by Gasteiger charge is 2.30. The molecular formula is C12H13BrN2O2. The summed E-state index contributed by atoms with van der Waals surface area (Å²) in [5, 5.41) is 0. The van der Waals surface area contributed by atoms with Crippen LogP contribution in [0.1, 0.15) is 23.2 Å². The van der Waals surface area contributed by atoms with E-state index in [1.807, 2.05) is 17.0 Å². The first-order valence-electron chi connectivity index (χ1n) is 5.44. The molecule has 0 aromatic heterocycles. The third kappa shape index (κ3) is 2.34. The molecule has 1 atom stereocenters. The van der Waals surface area contributed by atoms with E-state index >= 15 is 0 Å². The lowest BCUT2D eigenvalue weighted by Crippen LogP contribution is -2.40. The molecule has 17 heavy (non-hydrogen) atoms. The van der Waals surface area contributed by atoms with Crippen LogP contribution >= 0.6 is 15.9 Å². The molecule has 1 unspecified atom stereocenters. The molecule has 1 heterocycles. The second-order valence-corrected chi connectivity index (χ2v) is 4.99. The Kier molecular flexibility index (Phi) is 3.47. The van der Waals surface area contributed by atoms with Crippen LogP contribution in [0.3, 0.4) is 0 Å².